The Balaban J connectivity index is 0.776. The fourth-order valence-electron chi connectivity index (χ4n) is 9.35. The number of benzene rings is 4. The Morgan fingerprint density at radius 2 is 1.59 bits per heavy atom. The van der Waals surface area contributed by atoms with E-state index in [4.69, 9.17) is 4.74 Å². The summed E-state index contributed by atoms with van der Waals surface area (Å²) in [4.78, 5) is 65.4. The van der Waals surface area contributed by atoms with E-state index in [1.807, 2.05) is 82.7 Å². The Hall–Kier alpha value is -6.92. The highest BCUT2D eigenvalue weighted by molar-refractivity contribution is 7.22. The fourth-order valence-corrected chi connectivity index (χ4v) is 11.4. The van der Waals surface area contributed by atoms with E-state index in [9.17, 15) is 34.5 Å². The van der Waals surface area contributed by atoms with E-state index in [0.717, 1.165) is 86.7 Å². The number of likely N-dealkylation sites (N-methyl/N-ethyl adjacent to an activating group) is 1. The van der Waals surface area contributed by atoms with Crippen molar-refractivity contribution in [1.29, 1.82) is 0 Å². The molecule has 0 spiro atoms. The summed E-state index contributed by atoms with van der Waals surface area (Å²) in [6.07, 6.45) is 5.46. The first-order valence-electron chi connectivity index (χ1n) is 25.1. The van der Waals surface area contributed by atoms with Gasteiger partial charge in [-0.25, -0.2) is 4.98 Å². The first-order valence-corrected chi connectivity index (χ1v) is 26.8. The Kier molecular flexibility index (Phi) is 17.0. The fraction of sp³-hybridized carbons (Fsp3) is 0.368. The largest absolute Gasteiger partial charge is 0.508 e. The van der Waals surface area contributed by atoms with Crippen LogP contribution < -0.4 is 15.4 Å². The van der Waals surface area contributed by atoms with Crippen molar-refractivity contribution < 1.29 is 39.2 Å². The molecule has 3 amide bonds. The molecule has 74 heavy (non-hydrogen) atoms. The van der Waals surface area contributed by atoms with Crippen molar-refractivity contribution in [2.24, 2.45) is 5.41 Å². The maximum absolute atomic E-state index is 14.2. The van der Waals surface area contributed by atoms with Crippen molar-refractivity contribution >= 4 is 56.3 Å². The van der Waals surface area contributed by atoms with Crippen molar-refractivity contribution in [3.63, 3.8) is 0 Å². The van der Waals surface area contributed by atoms with Crippen molar-refractivity contribution in [2.45, 2.75) is 98.0 Å². The number of hydrogen-bond donors (Lipinski definition) is 5. The molecule has 0 saturated carbocycles. The number of aromatic nitrogens is 3. The van der Waals surface area contributed by atoms with Gasteiger partial charge >= 0.3 is 0 Å². The van der Waals surface area contributed by atoms with E-state index in [2.05, 4.69) is 32.5 Å². The molecule has 0 aliphatic carbocycles. The van der Waals surface area contributed by atoms with E-state index < -0.39 is 29.5 Å². The van der Waals surface area contributed by atoms with Crippen LogP contribution in [0.1, 0.15) is 92.7 Å². The molecule has 388 valence electrons. The lowest BCUT2D eigenvalue weighted by molar-refractivity contribution is -0.144. The second kappa shape index (κ2) is 23.5. The summed E-state index contributed by atoms with van der Waals surface area (Å²) in [6.45, 7) is 14.4. The molecule has 17 heteroatoms. The van der Waals surface area contributed by atoms with Crippen LogP contribution in [0.5, 0.6) is 17.2 Å². The molecule has 0 bridgehead atoms. The molecule has 1 aliphatic rings. The lowest BCUT2D eigenvalue weighted by Gasteiger charge is -2.35. The van der Waals surface area contributed by atoms with Crippen LogP contribution >= 0.6 is 22.7 Å². The number of carbonyl (C=O) groups excluding carboxylic acids is 4. The number of β-amino-alcohol motifs (C(OH)–C–C–N with tert-alkyl or cyclic N) is 1. The van der Waals surface area contributed by atoms with Crippen LogP contribution in [0.4, 0.5) is 0 Å². The quantitative estimate of drug-likeness (QED) is 0.0340. The van der Waals surface area contributed by atoms with Gasteiger partial charge in [0.15, 0.2) is 5.78 Å². The Morgan fingerprint density at radius 1 is 0.892 bits per heavy atom. The van der Waals surface area contributed by atoms with Gasteiger partial charge in [0.1, 0.15) is 42.5 Å². The Morgan fingerprint density at radius 3 is 2.28 bits per heavy atom. The Bertz CT molecular complexity index is 3070. The van der Waals surface area contributed by atoms with Crippen LogP contribution in [0.15, 0.2) is 109 Å². The average molecular weight is 1040 g/mol. The van der Waals surface area contributed by atoms with Crippen molar-refractivity contribution in [1.82, 2.24) is 35.2 Å². The minimum atomic E-state index is -0.960. The lowest BCUT2D eigenvalue weighted by atomic mass is 9.85. The maximum Gasteiger partial charge on any atom is 0.246 e. The molecule has 7 aromatic rings. The van der Waals surface area contributed by atoms with E-state index in [-0.39, 0.29) is 54.6 Å². The number of hydrogen-bond acceptors (Lipinski definition) is 13. The van der Waals surface area contributed by atoms with Gasteiger partial charge in [0.25, 0.3) is 0 Å². The number of thiophene rings is 1. The van der Waals surface area contributed by atoms with Crippen molar-refractivity contribution in [3.05, 3.63) is 137 Å². The minimum absolute atomic E-state index is 0.0159. The number of carbonyl (C=O) groups is 4. The number of unbranched alkanes of at least 4 members (excludes halogenated alkanes) is 1. The molecule has 15 nitrogen and oxygen atoms in total. The summed E-state index contributed by atoms with van der Waals surface area (Å²) in [5, 5.41) is 41.9. The molecule has 1 fully saturated rings. The number of phenolic OH excluding ortho intramolecular Hbond substituents is 2. The van der Waals surface area contributed by atoms with Crippen LogP contribution in [-0.4, -0.2) is 114 Å². The second-order valence-corrected chi connectivity index (χ2v) is 22.0. The summed E-state index contributed by atoms with van der Waals surface area (Å²) < 4.78 is 8.47. The third kappa shape index (κ3) is 12.9. The van der Waals surface area contributed by atoms with Gasteiger partial charge in [-0.3, -0.25) is 23.9 Å². The van der Waals surface area contributed by atoms with E-state index >= 15 is 0 Å². The van der Waals surface area contributed by atoms with Crippen LogP contribution in [0.3, 0.4) is 0 Å². The van der Waals surface area contributed by atoms with E-state index in [1.165, 1.54) is 16.2 Å². The third-order valence-electron chi connectivity index (χ3n) is 13.5. The van der Waals surface area contributed by atoms with Gasteiger partial charge in [0, 0.05) is 51.8 Å². The standard InChI is InChI=1S/C57H65N7O8S2/c1-7-62(26-27-72-45-22-17-39(18-23-45)51(69)50-46-24-21-43(66)29-48(46)74-53(50)41-15-19-42(65)20-16-41)25-9-8-10-37-30-59-63(31-37)33-49(68)61-54(57(4,5)6)56(71)64-32-44(67)28-47(64)55(70)60-35(2)38-11-13-40(14-12-38)52-36(3)58-34-73-52/h11-24,29-31,34-35,44,47,54,65-67H,7-10,25-28,32-33H2,1-6H3,(H,60,70)(H,61,68). The molecule has 3 aromatic heterocycles. The van der Waals surface area contributed by atoms with Crippen molar-refractivity contribution in [2.75, 3.05) is 32.8 Å². The number of amides is 3. The zero-order valence-corrected chi connectivity index (χ0v) is 44.3. The minimum Gasteiger partial charge on any atom is -0.508 e. The van der Waals surface area contributed by atoms with Gasteiger partial charge in [-0.05, 0) is 141 Å². The maximum atomic E-state index is 14.2. The number of rotatable bonds is 21. The number of phenols is 2. The summed E-state index contributed by atoms with van der Waals surface area (Å²) in [6, 6.07) is 24.6. The number of aryl methyl sites for hydroxylation is 2. The highest BCUT2D eigenvalue weighted by Gasteiger charge is 2.45. The highest BCUT2D eigenvalue weighted by Crippen LogP contribution is 2.42. The molecule has 8 rings (SSSR count). The van der Waals surface area contributed by atoms with Gasteiger partial charge in [0.2, 0.25) is 17.7 Å². The van der Waals surface area contributed by atoms with Gasteiger partial charge in [-0.1, -0.05) is 52.0 Å². The van der Waals surface area contributed by atoms with E-state index in [1.54, 1.807) is 76.8 Å². The molecule has 1 saturated heterocycles. The van der Waals surface area contributed by atoms with Gasteiger partial charge in [-0.15, -0.1) is 22.7 Å². The first-order chi connectivity index (χ1) is 35.4. The number of aliphatic hydroxyl groups is 1. The highest BCUT2D eigenvalue weighted by atomic mass is 32.1. The molecule has 0 radical (unpaired) electrons. The molecule has 4 unspecified atom stereocenters. The average Bonchev–Trinajstić information content (AvgIpc) is 4.20. The SMILES string of the molecule is CCN(CCCCc1cnn(CC(=O)NC(C(=O)N2CC(O)CC2C(=O)NC(C)c2ccc(-c3scnc3C)cc2)C(C)(C)C)c1)CCOc1ccc(C(=O)c2c(-c3ccc(O)cc3)sc3cc(O)ccc23)cc1. The number of thiazole rings is 1. The predicted octanol–water partition coefficient (Wildman–Crippen LogP) is 8.93. The number of ketones is 1. The van der Waals surface area contributed by atoms with Crippen LogP contribution in [0.2, 0.25) is 0 Å². The number of likely N-dealkylation sites (tertiary alicyclic amines) is 1. The molecular formula is C57H65N7O8S2. The number of fused-ring (bicyclic) bond motifs is 1. The van der Waals surface area contributed by atoms with Gasteiger partial charge in [0.05, 0.1) is 34.4 Å². The summed E-state index contributed by atoms with van der Waals surface area (Å²) in [5.74, 6) is -0.400. The third-order valence-corrected chi connectivity index (χ3v) is 15.7. The molecule has 4 heterocycles. The zero-order chi connectivity index (χ0) is 52.7. The first kappa shape index (κ1) is 53.4. The van der Waals surface area contributed by atoms with Gasteiger partial charge < -0.3 is 40.5 Å². The van der Waals surface area contributed by atoms with Crippen LogP contribution in [-0.2, 0) is 27.3 Å². The van der Waals surface area contributed by atoms with Gasteiger partial charge in [-0.2, -0.15) is 5.10 Å². The number of ether oxygens (including phenoxy) is 1. The van der Waals surface area contributed by atoms with Crippen molar-refractivity contribution in [3.8, 4) is 38.1 Å². The zero-order valence-electron chi connectivity index (χ0n) is 42.7. The number of aromatic hydroxyl groups is 2. The normalized spacial score (nSPS) is 15.6. The predicted molar refractivity (Wildman–Crippen MR) is 290 cm³/mol. The molecular weight excluding hydrogens is 975 g/mol. The van der Waals surface area contributed by atoms with Crippen LogP contribution in [0, 0.1) is 12.3 Å². The molecule has 4 aromatic carbocycles. The topological polar surface area (TPSA) is 199 Å². The number of nitrogens with one attached hydrogen (secondary N) is 2. The summed E-state index contributed by atoms with van der Waals surface area (Å²) in [5.41, 5.74) is 6.89. The Labute approximate surface area is 439 Å². The number of aliphatic hydroxyl groups excluding tert-OH is 1. The summed E-state index contributed by atoms with van der Waals surface area (Å²) >= 11 is 3.00. The number of nitrogens with zero attached hydrogens (tertiary/aromatic N) is 5. The summed E-state index contributed by atoms with van der Waals surface area (Å²) in [7, 11) is 0. The van der Waals surface area contributed by atoms with E-state index in [0.29, 0.717) is 23.5 Å². The smallest absolute Gasteiger partial charge is 0.246 e. The monoisotopic (exact) mass is 1040 g/mol. The molecule has 5 N–H and O–H groups in total. The molecule has 4 atom stereocenters. The van der Waals surface area contributed by atoms with Crippen LogP contribution in [0.25, 0.3) is 31.0 Å². The lowest BCUT2D eigenvalue weighted by Crippen LogP contribution is -2.58. The second-order valence-electron chi connectivity index (χ2n) is 20.1. The molecule has 1 aliphatic heterocycles.